The number of nitrogens with one attached hydrogen (secondary N) is 2. The van der Waals surface area contributed by atoms with Crippen LogP contribution in [-0.2, 0) is 6.54 Å². The molecular formula is C24H35F3N6. The average molecular weight is 465 g/mol. The van der Waals surface area contributed by atoms with E-state index in [1.807, 2.05) is 18.2 Å². The molecule has 1 saturated heterocycles. The van der Waals surface area contributed by atoms with E-state index in [-0.39, 0.29) is 12.8 Å². The molecule has 0 spiro atoms. The molecule has 9 heteroatoms. The number of nitrogen functional groups attached to an aromatic ring is 1. The summed E-state index contributed by atoms with van der Waals surface area (Å²) in [5.41, 5.74) is 12.0. The first-order valence-electron chi connectivity index (χ1n) is 11.6. The Balaban J connectivity index is 0.000000194. The van der Waals surface area contributed by atoms with Crippen molar-refractivity contribution in [2.75, 3.05) is 30.9 Å². The molecule has 1 aromatic heterocycles. The zero-order valence-corrected chi connectivity index (χ0v) is 19.2. The number of pyridine rings is 1. The predicted octanol–water partition coefficient (Wildman–Crippen LogP) is 4.72. The van der Waals surface area contributed by atoms with Crippen molar-refractivity contribution in [3.8, 4) is 11.1 Å². The van der Waals surface area contributed by atoms with Gasteiger partial charge in [-0.1, -0.05) is 25.3 Å². The molecule has 4 rings (SSSR count). The Morgan fingerprint density at radius 2 is 1.76 bits per heavy atom. The van der Waals surface area contributed by atoms with Gasteiger partial charge in [0.2, 0.25) is 5.95 Å². The Morgan fingerprint density at radius 3 is 2.36 bits per heavy atom. The Kier molecular flexibility index (Phi) is 8.94. The minimum absolute atomic E-state index is 0.0729. The van der Waals surface area contributed by atoms with E-state index in [2.05, 4.69) is 20.6 Å². The molecule has 0 radical (unpaired) electrons. The van der Waals surface area contributed by atoms with E-state index >= 15 is 0 Å². The molecule has 0 bridgehead atoms. The number of likely N-dealkylation sites (tertiary alicyclic amines) is 1. The Morgan fingerprint density at radius 1 is 1.06 bits per heavy atom. The third-order valence-corrected chi connectivity index (χ3v) is 6.54. The van der Waals surface area contributed by atoms with Crippen LogP contribution in [0.5, 0.6) is 0 Å². The molecule has 0 atom stereocenters. The molecule has 2 aliphatic rings. The molecule has 33 heavy (non-hydrogen) atoms. The summed E-state index contributed by atoms with van der Waals surface area (Å²) in [6, 6.07) is 7.93. The van der Waals surface area contributed by atoms with Crippen LogP contribution in [0.1, 0.15) is 50.5 Å². The molecule has 1 aromatic carbocycles. The highest BCUT2D eigenvalue weighted by Gasteiger charge is 2.36. The molecule has 1 aliphatic heterocycles. The largest absolute Gasteiger partial charge is 0.384 e. The van der Waals surface area contributed by atoms with Crippen LogP contribution in [0.2, 0.25) is 0 Å². The van der Waals surface area contributed by atoms with E-state index in [1.165, 1.54) is 38.3 Å². The number of nitrogens with two attached hydrogens (primary N) is 2. The fourth-order valence-electron chi connectivity index (χ4n) is 4.53. The van der Waals surface area contributed by atoms with Crippen molar-refractivity contribution in [1.82, 2.24) is 9.88 Å². The number of benzene rings is 1. The fourth-order valence-corrected chi connectivity index (χ4v) is 4.53. The van der Waals surface area contributed by atoms with Crippen LogP contribution >= 0.6 is 0 Å². The quantitative estimate of drug-likeness (QED) is 0.291. The molecule has 2 heterocycles. The maximum Gasteiger partial charge on any atom is 0.250 e. The van der Waals surface area contributed by atoms with E-state index in [0.717, 1.165) is 22.4 Å². The molecule has 0 unspecified atom stereocenters. The SMILES string of the molecule is CNc1cc(-c2ccc(NN)c(CN)c2)cnc1F.FC1(F)CCN(C2CCCCC2)CC1. The molecule has 182 valence electrons. The third-order valence-electron chi connectivity index (χ3n) is 6.54. The fraction of sp³-hybridized carbons (Fsp3) is 0.542. The van der Waals surface area contributed by atoms with E-state index in [9.17, 15) is 13.2 Å². The molecule has 1 aliphatic carbocycles. The summed E-state index contributed by atoms with van der Waals surface area (Å²) in [6.07, 6.45) is 8.00. The number of alkyl halides is 2. The Labute approximate surface area is 193 Å². The number of piperidine rings is 1. The van der Waals surface area contributed by atoms with Gasteiger partial charge in [-0.15, -0.1) is 0 Å². The summed E-state index contributed by atoms with van der Waals surface area (Å²) in [5.74, 6) is 2.50. The van der Waals surface area contributed by atoms with Crippen LogP contribution in [0, 0.1) is 5.95 Å². The monoisotopic (exact) mass is 464 g/mol. The lowest BCUT2D eigenvalue weighted by atomic mass is 9.92. The van der Waals surface area contributed by atoms with Gasteiger partial charge in [-0.2, -0.15) is 4.39 Å². The summed E-state index contributed by atoms with van der Waals surface area (Å²) >= 11 is 0. The highest BCUT2D eigenvalue weighted by atomic mass is 19.3. The zero-order valence-electron chi connectivity index (χ0n) is 19.2. The normalized spacial score (nSPS) is 18.8. The molecule has 6 nitrogen and oxygen atoms in total. The van der Waals surface area contributed by atoms with Gasteiger partial charge < -0.3 is 16.5 Å². The second kappa shape index (κ2) is 11.7. The van der Waals surface area contributed by atoms with Crippen LogP contribution < -0.4 is 22.3 Å². The number of aromatic nitrogens is 1. The standard InChI is InChI=1S/C13H16FN5.C11H19F2N/c1-17-12-5-10(7-18-13(12)14)8-2-3-11(19-16)9(4-8)6-15;12-11(13)6-8-14(9-7-11)10-4-2-1-3-5-10/h2-5,7,17,19H,6,15-16H2,1H3;10H,1-9H2. The van der Waals surface area contributed by atoms with E-state index in [0.29, 0.717) is 31.4 Å². The van der Waals surface area contributed by atoms with Gasteiger partial charge in [0, 0.05) is 57.3 Å². The van der Waals surface area contributed by atoms with Crippen LogP contribution in [0.25, 0.3) is 11.1 Å². The maximum absolute atomic E-state index is 13.3. The summed E-state index contributed by atoms with van der Waals surface area (Å²) in [7, 11) is 1.65. The number of hydrogen-bond donors (Lipinski definition) is 4. The minimum atomic E-state index is -2.38. The lowest BCUT2D eigenvalue weighted by molar-refractivity contribution is -0.0655. The molecule has 2 fully saturated rings. The number of rotatable bonds is 5. The van der Waals surface area contributed by atoms with E-state index in [1.54, 1.807) is 13.1 Å². The highest BCUT2D eigenvalue weighted by Crippen LogP contribution is 2.32. The van der Waals surface area contributed by atoms with Gasteiger partial charge in [-0.05, 0) is 42.2 Å². The van der Waals surface area contributed by atoms with Gasteiger partial charge in [-0.25, -0.2) is 13.8 Å². The van der Waals surface area contributed by atoms with Crippen LogP contribution in [-0.4, -0.2) is 42.0 Å². The summed E-state index contributed by atoms with van der Waals surface area (Å²) in [6.45, 7) is 1.58. The van der Waals surface area contributed by atoms with Crippen molar-refractivity contribution in [2.45, 2.75) is 63.5 Å². The highest BCUT2D eigenvalue weighted by molar-refractivity contribution is 5.70. The molecule has 0 amide bonds. The minimum Gasteiger partial charge on any atom is -0.384 e. The summed E-state index contributed by atoms with van der Waals surface area (Å²) in [5, 5.41) is 2.76. The van der Waals surface area contributed by atoms with Crippen LogP contribution in [0.15, 0.2) is 30.5 Å². The average Bonchev–Trinajstić information content (AvgIpc) is 2.85. The number of anilines is 2. The smallest absolute Gasteiger partial charge is 0.250 e. The van der Waals surface area contributed by atoms with Crippen molar-refractivity contribution in [3.63, 3.8) is 0 Å². The van der Waals surface area contributed by atoms with E-state index < -0.39 is 11.9 Å². The van der Waals surface area contributed by atoms with Crippen molar-refractivity contribution in [2.24, 2.45) is 11.6 Å². The van der Waals surface area contributed by atoms with Crippen LogP contribution in [0.4, 0.5) is 24.5 Å². The van der Waals surface area contributed by atoms with Crippen LogP contribution in [0.3, 0.4) is 0 Å². The van der Waals surface area contributed by atoms with Gasteiger partial charge in [-0.3, -0.25) is 10.7 Å². The zero-order chi connectivity index (χ0) is 23.8. The number of hydrazine groups is 1. The van der Waals surface area contributed by atoms with Gasteiger partial charge >= 0.3 is 0 Å². The Bertz CT molecular complexity index is 892. The number of hydrogen-bond acceptors (Lipinski definition) is 6. The maximum atomic E-state index is 13.3. The first-order valence-corrected chi connectivity index (χ1v) is 11.6. The number of halogens is 3. The first kappa shape index (κ1) is 25.3. The first-order chi connectivity index (χ1) is 15.9. The molecule has 6 N–H and O–H groups in total. The Hall–Kier alpha value is -2.36. The second-order valence-electron chi connectivity index (χ2n) is 8.72. The van der Waals surface area contributed by atoms with E-state index in [4.69, 9.17) is 11.6 Å². The van der Waals surface area contributed by atoms with Crippen molar-refractivity contribution in [1.29, 1.82) is 0 Å². The van der Waals surface area contributed by atoms with Gasteiger partial charge in [0.1, 0.15) is 0 Å². The van der Waals surface area contributed by atoms with Crippen molar-refractivity contribution < 1.29 is 13.2 Å². The van der Waals surface area contributed by atoms with Gasteiger partial charge in [0.15, 0.2) is 0 Å². The van der Waals surface area contributed by atoms with Gasteiger partial charge in [0.05, 0.1) is 11.4 Å². The summed E-state index contributed by atoms with van der Waals surface area (Å²) in [4.78, 5) is 6.01. The predicted molar refractivity (Wildman–Crippen MR) is 128 cm³/mol. The number of nitrogens with zero attached hydrogens (tertiary/aromatic N) is 2. The summed E-state index contributed by atoms with van der Waals surface area (Å²) < 4.78 is 39.2. The molecule has 2 aromatic rings. The van der Waals surface area contributed by atoms with Crippen molar-refractivity contribution >= 4 is 11.4 Å². The third kappa shape index (κ3) is 6.82. The second-order valence-corrected chi connectivity index (χ2v) is 8.72. The van der Waals surface area contributed by atoms with Gasteiger partial charge in [0.25, 0.3) is 5.92 Å². The molecule has 1 saturated carbocycles. The molecular weight excluding hydrogens is 429 g/mol. The lowest BCUT2D eigenvalue weighted by Gasteiger charge is -2.39. The lowest BCUT2D eigenvalue weighted by Crippen LogP contribution is -2.45. The topological polar surface area (TPSA) is 92.2 Å². The van der Waals surface area contributed by atoms with Crippen molar-refractivity contribution in [3.05, 3.63) is 42.0 Å².